The summed E-state index contributed by atoms with van der Waals surface area (Å²) in [6.45, 7) is 9.67. The Kier molecular flexibility index (Phi) is 4.48. The first-order chi connectivity index (χ1) is 8.12. The van der Waals surface area contributed by atoms with E-state index in [2.05, 4.69) is 31.0 Å². The van der Waals surface area contributed by atoms with Crippen LogP contribution < -0.4 is 5.32 Å². The highest BCUT2D eigenvalue weighted by Gasteiger charge is 2.36. The third kappa shape index (κ3) is 3.45. The second-order valence-electron chi connectivity index (χ2n) is 6.63. The maximum atomic E-state index is 3.92. The van der Waals surface area contributed by atoms with E-state index in [1.807, 2.05) is 0 Å². The molecule has 0 radical (unpaired) electrons. The highest BCUT2D eigenvalue weighted by molar-refractivity contribution is 4.96. The highest BCUT2D eigenvalue weighted by Crippen LogP contribution is 2.29. The second kappa shape index (κ2) is 5.71. The summed E-state index contributed by atoms with van der Waals surface area (Å²) in [5.41, 5.74) is 0.335. The zero-order valence-electron chi connectivity index (χ0n) is 12.0. The summed E-state index contributed by atoms with van der Waals surface area (Å²) in [4.78, 5) is 2.79. The number of fused-ring (bicyclic) bond motifs is 1. The van der Waals surface area contributed by atoms with Gasteiger partial charge in [0, 0.05) is 24.2 Å². The molecule has 1 heterocycles. The summed E-state index contributed by atoms with van der Waals surface area (Å²) in [6, 6.07) is 1.56. The Hall–Kier alpha value is -0.0800. The number of hydrogen-bond acceptors (Lipinski definition) is 2. The average Bonchev–Trinajstić information content (AvgIpc) is 2.42. The molecule has 0 aromatic rings. The van der Waals surface area contributed by atoms with Crippen molar-refractivity contribution >= 4 is 0 Å². The molecule has 2 heteroatoms. The summed E-state index contributed by atoms with van der Waals surface area (Å²) in [7, 11) is 0. The van der Waals surface area contributed by atoms with E-state index >= 15 is 0 Å². The lowest BCUT2D eigenvalue weighted by molar-refractivity contribution is 0.138. The van der Waals surface area contributed by atoms with Crippen LogP contribution in [0.1, 0.15) is 65.7 Å². The Morgan fingerprint density at radius 1 is 1.24 bits per heavy atom. The summed E-state index contributed by atoms with van der Waals surface area (Å²) >= 11 is 0. The quantitative estimate of drug-likeness (QED) is 0.812. The lowest BCUT2D eigenvalue weighted by Gasteiger charge is -2.39. The van der Waals surface area contributed by atoms with E-state index in [0.717, 1.165) is 12.1 Å². The summed E-state index contributed by atoms with van der Waals surface area (Å²) in [5, 5.41) is 3.92. The van der Waals surface area contributed by atoms with Crippen LogP contribution >= 0.6 is 0 Å². The van der Waals surface area contributed by atoms with Gasteiger partial charge in [-0.25, -0.2) is 0 Å². The van der Waals surface area contributed by atoms with Gasteiger partial charge in [-0.1, -0.05) is 26.2 Å². The maximum Gasteiger partial charge on any atom is 0.0249 e. The highest BCUT2D eigenvalue weighted by atomic mass is 15.2. The van der Waals surface area contributed by atoms with Crippen LogP contribution in [0.3, 0.4) is 0 Å². The number of nitrogens with one attached hydrogen (secondary N) is 1. The van der Waals surface area contributed by atoms with Crippen molar-refractivity contribution in [1.29, 1.82) is 0 Å². The van der Waals surface area contributed by atoms with Gasteiger partial charge in [0.05, 0.1) is 0 Å². The second-order valence-corrected chi connectivity index (χ2v) is 6.63. The molecule has 0 amide bonds. The van der Waals surface area contributed by atoms with Crippen molar-refractivity contribution in [2.75, 3.05) is 13.1 Å². The van der Waals surface area contributed by atoms with Crippen molar-refractivity contribution in [2.45, 2.75) is 83.3 Å². The third-order valence-electron chi connectivity index (χ3n) is 4.60. The Morgan fingerprint density at radius 2 is 2.00 bits per heavy atom. The van der Waals surface area contributed by atoms with Crippen LogP contribution in [-0.4, -0.2) is 35.6 Å². The predicted octanol–water partition coefficient (Wildman–Crippen LogP) is 3.17. The van der Waals surface area contributed by atoms with Gasteiger partial charge >= 0.3 is 0 Å². The zero-order chi connectivity index (χ0) is 12.3. The molecule has 0 bridgehead atoms. The molecule has 1 aliphatic heterocycles. The van der Waals surface area contributed by atoms with Gasteiger partial charge in [0.15, 0.2) is 0 Å². The molecular weight excluding hydrogens is 208 g/mol. The molecule has 17 heavy (non-hydrogen) atoms. The average molecular weight is 238 g/mol. The van der Waals surface area contributed by atoms with Crippen LogP contribution in [0.5, 0.6) is 0 Å². The summed E-state index contributed by atoms with van der Waals surface area (Å²) in [5.74, 6) is 0. The number of hydrogen-bond donors (Lipinski definition) is 1. The Balaban J connectivity index is 2.04. The summed E-state index contributed by atoms with van der Waals surface area (Å²) in [6.07, 6.45) is 9.64. The van der Waals surface area contributed by atoms with Crippen molar-refractivity contribution in [3.63, 3.8) is 0 Å². The van der Waals surface area contributed by atoms with Crippen LogP contribution in [0, 0.1) is 0 Å². The van der Waals surface area contributed by atoms with E-state index < -0.39 is 0 Å². The van der Waals surface area contributed by atoms with E-state index in [-0.39, 0.29) is 0 Å². The summed E-state index contributed by atoms with van der Waals surface area (Å²) < 4.78 is 0. The van der Waals surface area contributed by atoms with Crippen molar-refractivity contribution in [3.05, 3.63) is 0 Å². The number of unbranched alkanes of at least 4 members (excludes halogenated alkanes) is 1. The molecule has 2 nitrogen and oxygen atoms in total. The molecule has 1 N–H and O–H groups in total. The molecular formula is C15H30N2. The normalized spacial score (nSPS) is 34.1. The van der Waals surface area contributed by atoms with Crippen LogP contribution in [-0.2, 0) is 0 Å². The van der Waals surface area contributed by atoms with E-state index in [1.165, 1.54) is 58.0 Å². The van der Waals surface area contributed by atoms with Crippen molar-refractivity contribution in [2.24, 2.45) is 0 Å². The van der Waals surface area contributed by atoms with Gasteiger partial charge in [-0.3, -0.25) is 4.90 Å². The molecule has 1 aliphatic carbocycles. The first-order valence-corrected chi connectivity index (χ1v) is 7.64. The van der Waals surface area contributed by atoms with Crippen LogP contribution in [0.15, 0.2) is 0 Å². The van der Waals surface area contributed by atoms with Crippen LogP contribution in [0.4, 0.5) is 0 Å². The van der Waals surface area contributed by atoms with Gasteiger partial charge in [0.25, 0.3) is 0 Å². The fourth-order valence-corrected chi connectivity index (χ4v) is 3.52. The van der Waals surface area contributed by atoms with Gasteiger partial charge in [0.2, 0.25) is 0 Å². The molecule has 2 rings (SSSR count). The van der Waals surface area contributed by atoms with E-state index in [0.29, 0.717) is 5.54 Å². The van der Waals surface area contributed by atoms with Gasteiger partial charge in [-0.05, 0) is 46.1 Å². The Labute approximate surface area is 107 Å². The molecule has 0 spiro atoms. The van der Waals surface area contributed by atoms with Crippen molar-refractivity contribution in [3.8, 4) is 0 Å². The molecule has 0 aromatic carbocycles. The smallest absolute Gasteiger partial charge is 0.0249 e. The first kappa shape index (κ1) is 13.4. The predicted molar refractivity (Wildman–Crippen MR) is 74.4 cm³/mol. The fourth-order valence-electron chi connectivity index (χ4n) is 3.52. The van der Waals surface area contributed by atoms with Crippen molar-refractivity contribution in [1.82, 2.24) is 10.2 Å². The lowest BCUT2D eigenvalue weighted by Crippen LogP contribution is -2.53. The third-order valence-corrected chi connectivity index (χ3v) is 4.60. The fraction of sp³-hybridized carbons (Fsp3) is 1.00. The molecule has 1 saturated heterocycles. The molecule has 100 valence electrons. The van der Waals surface area contributed by atoms with Gasteiger partial charge in [-0.2, -0.15) is 0 Å². The van der Waals surface area contributed by atoms with Crippen molar-refractivity contribution < 1.29 is 0 Å². The molecule has 2 atom stereocenters. The zero-order valence-corrected chi connectivity index (χ0v) is 12.0. The van der Waals surface area contributed by atoms with Crippen LogP contribution in [0.2, 0.25) is 0 Å². The minimum atomic E-state index is 0.335. The minimum absolute atomic E-state index is 0.335. The first-order valence-electron chi connectivity index (χ1n) is 7.64. The number of nitrogens with zero attached hydrogens (tertiary/aromatic N) is 1. The molecule has 0 aromatic heterocycles. The largest absolute Gasteiger partial charge is 0.307 e. The molecule has 0 unspecified atom stereocenters. The van der Waals surface area contributed by atoms with Gasteiger partial charge < -0.3 is 5.32 Å². The SMILES string of the molecule is CCCCN1CCC(C)(C)N[C@H]2CCCC[C@H]21. The maximum absolute atomic E-state index is 3.92. The van der Waals surface area contributed by atoms with Crippen LogP contribution in [0.25, 0.3) is 0 Å². The monoisotopic (exact) mass is 238 g/mol. The molecule has 2 fully saturated rings. The van der Waals surface area contributed by atoms with E-state index in [1.54, 1.807) is 0 Å². The van der Waals surface area contributed by atoms with E-state index in [4.69, 9.17) is 0 Å². The molecule has 1 saturated carbocycles. The number of rotatable bonds is 3. The minimum Gasteiger partial charge on any atom is -0.307 e. The Morgan fingerprint density at radius 3 is 2.76 bits per heavy atom. The molecule has 2 aliphatic rings. The van der Waals surface area contributed by atoms with Gasteiger partial charge in [0.1, 0.15) is 0 Å². The van der Waals surface area contributed by atoms with Gasteiger partial charge in [-0.15, -0.1) is 0 Å². The topological polar surface area (TPSA) is 15.3 Å². The van der Waals surface area contributed by atoms with E-state index in [9.17, 15) is 0 Å². The standard InChI is InChI=1S/C15H30N2/c1-4-5-11-17-12-10-15(2,3)16-13-8-6-7-9-14(13)17/h13-14,16H,4-12H2,1-3H3/t13-,14+/m0/s1. The Bertz CT molecular complexity index is 237. The lowest BCUT2D eigenvalue weighted by atomic mass is 9.88.